The Morgan fingerprint density at radius 1 is 0.967 bits per heavy atom. The van der Waals surface area contributed by atoms with Crippen LogP contribution in [0.15, 0.2) is 77.6 Å². The number of nitrogens with zero attached hydrogens (tertiary/aromatic N) is 1. The number of aryl methyl sites for hydroxylation is 1. The summed E-state index contributed by atoms with van der Waals surface area (Å²) >= 11 is 6.42. The largest absolute Gasteiger partial charge is 0.497 e. The number of aromatic nitrogens is 1. The van der Waals surface area contributed by atoms with Gasteiger partial charge in [-0.3, -0.25) is 9.59 Å². The third-order valence-electron chi connectivity index (χ3n) is 5.04. The summed E-state index contributed by atoms with van der Waals surface area (Å²) in [6.45, 7) is 0. The lowest BCUT2D eigenvalue weighted by atomic mass is 10.0. The van der Waals surface area contributed by atoms with Gasteiger partial charge in [0.1, 0.15) is 11.6 Å². The first-order chi connectivity index (χ1) is 14.5. The number of carbonyl (C=O) groups excluding carboxylic acids is 1. The van der Waals surface area contributed by atoms with Gasteiger partial charge in [0, 0.05) is 28.6 Å². The molecule has 1 N–H and O–H groups in total. The van der Waals surface area contributed by atoms with Crippen LogP contribution in [0.1, 0.15) is 10.4 Å². The van der Waals surface area contributed by atoms with Gasteiger partial charge in [0.15, 0.2) is 5.43 Å². The third-order valence-corrected chi connectivity index (χ3v) is 5.37. The van der Waals surface area contributed by atoms with Gasteiger partial charge in [0.2, 0.25) is 0 Å². The van der Waals surface area contributed by atoms with E-state index in [4.69, 9.17) is 16.3 Å². The van der Waals surface area contributed by atoms with Crippen LogP contribution in [0.25, 0.3) is 22.0 Å². The van der Waals surface area contributed by atoms with Gasteiger partial charge in [0.25, 0.3) is 5.91 Å². The minimum atomic E-state index is -0.337. The number of nitrogens with one attached hydrogen (secondary N) is 1. The zero-order valence-electron chi connectivity index (χ0n) is 16.5. The van der Waals surface area contributed by atoms with Crippen LogP contribution in [0.2, 0.25) is 5.02 Å². The Bertz CT molecular complexity index is 1310. The van der Waals surface area contributed by atoms with Crippen molar-refractivity contribution < 1.29 is 9.53 Å². The molecular weight excluding hydrogens is 400 g/mol. The fraction of sp³-hybridized carbons (Fsp3) is 0.0833. The first-order valence-electron chi connectivity index (χ1n) is 9.33. The van der Waals surface area contributed by atoms with Crippen molar-refractivity contribution >= 4 is 34.2 Å². The van der Waals surface area contributed by atoms with Crippen molar-refractivity contribution in [2.45, 2.75) is 0 Å². The van der Waals surface area contributed by atoms with E-state index in [0.29, 0.717) is 44.2 Å². The number of rotatable bonds is 4. The van der Waals surface area contributed by atoms with Crippen molar-refractivity contribution in [1.29, 1.82) is 0 Å². The second-order valence-electron chi connectivity index (χ2n) is 6.79. The molecule has 3 aromatic carbocycles. The van der Waals surface area contributed by atoms with E-state index in [1.165, 1.54) is 0 Å². The topological polar surface area (TPSA) is 60.3 Å². The molecule has 4 aromatic rings. The number of fused-ring (bicyclic) bond motifs is 1. The molecule has 0 aliphatic rings. The van der Waals surface area contributed by atoms with Crippen molar-refractivity contribution in [2.24, 2.45) is 7.05 Å². The molecule has 150 valence electrons. The van der Waals surface area contributed by atoms with E-state index < -0.39 is 0 Å². The zero-order chi connectivity index (χ0) is 21.3. The summed E-state index contributed by atoms with van der Waals surface area (Å²) in [4.78, 5) is 26.4. The lowest BCUT2D eigenvalue weighted by molar-refractivity contribution is 0.102. The Morgan fingerprint density at radius 2 is 1.63 bits per heavy atom. The molecule has 1 heterocycles. The van der Waals surface area contributed by atoms with Crippen molar-refractivity contribution in [2.75, 3.05) is 12.4 Å². The second-order valence-corrected chi connectivity index (χ2v) is 7.20. The number of benzene rings is 3. The molecule has 0 bridgehead atoms. The fourth-order valence-corrected chi connectivity index (χ4v) is 3.70. The third kappa shape index (κ3) is 3.44. The number of para-hydroxylation sites is 1. The standard InChI is InChI=1S/C24H19ClN2O3/c1-27-20-10-6-4-8-18(20)22(28)21(17-7-3-5-9-19(17)25)23(27)26-24(29)15-11-13-16(30-2)14-12-15/h3-14H,1-2H3,(H,26,29). The van der Waals surface area contributed by atoms with Crippen LogP contribution in [0, 0.1) is 0 Å². The number of pyridine rings is 1. The number of anilines is 1. The normalized spacial score (nSPS) is 10.8. The smallest absolute Gasteiger partial charge is 0.256 e. The fourth-order valence-electron chi connectivity index (χ4n) is 3.47. The van der Waals surface area contributed by atoms with Crippen LogP contribution < -0.4 is 15.5 Å². The Labute approximate surface area is 178 Å². The molecule has 30 heavy (non-hydrogen) atoms. The van der Waals surface area contributed by atoms with Crippen LogP contribution in [0.5, 0.6) is 5.75 Å². The first-order valence-corrected chi connectivity index (χ1v) is 9.71. The second kappa shape index (κ2) is 8.05. The first kappa shape index (κ1) is 19.7. The summed E-state index contributed by atoms with van der Waals surface area (Å²) in [7, 11) is 3.38. The molecule has 0 saturated heterocycles. The molecule has 4 rings (SSSR count). The molecule has 0 aliphatic heterocycles. The number of amides is 1. The molecule has 1 aromatic heterocycles. The number of halogens is 1. The van der Waals surface area contributed by atoms with Gasteiger partial charge < -0.3 is 14.6 Å². The van der Waals surface area contributed by atoms with E-state index in [1.54, 1.807) is 60.2 Å². The van der Waals surface area contributed by atoms with Gasteiger partial charge in [-0.1, -0.05) is 41.9 Å². The highest BCUT2D eigenvalue weighted by molar-refractivity contribution is 6.33. The lowest BCUT2D eigenvalue weighted by Crippen LogP contribution is -2.21. The Balaban J connectivity index is 1.92. The zero-order valence-corrected chi connectivity index (χ0v) is 17.2. The van der Waals surface area contributed by atoms with Gasteiger partial charge in [-0.25, -0.2) is 0 Å². The SMILES string of the molecule is COc1ccc(C(=O)Nc2c(-c3ccccc3Cl)c(=O)c3ccccc3n2C)cc1. The molecule has 0 aliphatic carbocycles. The average molecular weight is 419 g/mol. The summed E-state index contributed by atoms with van der Waals surface area (Å²) < 4.78 is 6.95. The minimum Gasteiger partial charge on any atom is -0.497 e. The summed E-state index contributed by atoms with van der Waals surface area (Å²) in [5.41, 5.74) is 1.88. The van der Waals surface area contributed by atoms with Crippen LogP contribution >= 0.6 is 11.6 Å². The van der Waals surface area contributed by atoms with Gasteiger partial charge in [-0.15, -0.1) is 0 Å². The van der Waals surface area contributed by atoms with Crippen molar-refractivity contribution in [3.63, 3.8) is 0 Å². The Morgan fingerprint density at radius 3 is 2.33 bits per heavy atom. The molecule has 0 fully saturated rings. The molecular formula is C24H19ClN2O3. The molecule has 6 heteroatoms. The molecule has 1 amide bonds. The summed E-state index contributed by atoms with van der Waals surface area (Å²) in [5.74, 6) is 0.699. The van der Waals surface area contributed by atoms with Gasteiger partial charge in [-0.2, -0.15) is 0 Å². The van der Waals surface area contributed by atoms with E-state index in [9.17, 15) is 9.59 Å². The van der Waals surface area contributed by atoms with Gasteiger partial charge in [-0.05, 0) is 42.5 Å². The van der Waals surface area contributed by atoms with Crippen LogP contribution in [-0.4, -0.2) is 17.6 Å². The van der Waals surface area contributed by atoms with E-state index in [0.717, 1.165) is 0 Å². The predicted octanol–water partition coefficient (Wildman–Crippen LogP) is 5.12. The average Bonchev–Trinajstić information content (AvgIpc) is 2.78. The molecule has 0 atom stereocenters. The van der Waals surface area contributed by atoms with Crippen LogP contribution in [-0.2, 0) is 7.05 Å². The summed E-state index contributed by atoms with van der Waals surface area (Å²) in [5, 5.41) is 3.90. The number of hydrogen-bond acceptors (Lipinski definition) is 3. The van der Waals surface area contributed by atoms with Gasteiger partial charge in [0.05, 0.1) is 18.2 Å². The highest BCUT2D eigenvalue weighted by atomic mass is 35.5. The van der Waals surface area contributed by atoms with Crippen LogP contribution in [0.4, 0.5) is 5.82 Å². The van der Waals surface area contributed by atoms with E-state index in [2.05, 4.69) is 5.32 Å². The van der Waals surface area contributed by atoms with Crippen molar-refractivity contribution in [3.8, 4) is 16.9 Å². The van der Waals surface area contributed by atoms with E-state index >= 15 is 0 Å². The summed E-state index contributed by atoms with van der Waals surface area (Å²) in [6, 6.07) is 21.2. The Hall–Kier alpha value is -3.57. The monoisotopic (exact) mass is 418 g/mol. The molecule has 0 radical (unpaired) electrons. The Kier molecular flexibility index (Phi) is 5.29. The number of ether oxygens (including phenoxy) is 1. The maximum atomic E-state index is 13.4. The molecule has 0 saturated carbocycles. The molecule has 0 spiro atoms. The lowest BCUT2D eigenvalue weighted by Gasteiger charge is -2.19. The number of hydrogen-bond donors (Lipinski definition) is 1. The number of carbonyl (C=O) groups is 1. The highest BCUT2D eigenvalue weighted by Gasteiger charge is 2.20. The number of methoxy groups -OCH3 is 1. The van der Waals surface area contributed by atoms with Crippen molar-refractivity contribution in [3.05, 3.63) is 93.6 Å². The van der Waals surface area contributed by atoms with Gasteiger partial charge >= 0.3 is 0 Å². The summed E-state index contributed by atoms with van der Waals surface area (Å²) in [6.07, 6.45) is 0. The van der Waals surface area contributed by atoms with Crippen molar-refractivity contribution in [1.82, 2.24) is 4.57 Å². The maximum Gasteiger partial charge on any atom is 0.256 e. The predicted molar refractivity (Wildman–Crippen MR) is 121 cm³/mol. The molecule has 0 unspecified atom stereocenters. The van der Waals surface area contributed by atoms with E-state index in [-0.39, 0.29) is 11.3 Å². The highest BCUT2D eigenvalue weighted by Crippen LogP contribution is 2.33. The maximum absolute atomic E-state index is 13.4. The molecule has 5 nitrogen and oxygen atoms in total. The minimum absolute atomic E-state index is 0.193. The van der Waals surface area contributed by atoms with Crippen LogP contribution in [0.3, 0.4) is 0 Å². The van der Waals surface area contributed by atoms with E-state index in [1.807, 2.05) is 31.3 Å². The quantitative estimate of drug-likeness (QED) is 0.500.